The molecule has 5 heteroatoms. The van der Waals surface area contributed by atoms with Crippen LogP contribution in [0.25, 0.3) is 0 Å². The predicted octanol–water partition coefficient (Wildman–Crippen LogP) is 2.32. The highest BCUT2D eigenvalue weighted by Gasteiger charge is 2.65. The lowest BCUT2D eigenvalue weighted by Crippen LogP contribution is -2.51. The van der Waals surface area contributed by atoms with Gasteiger partial charge in [-0.1, -0.05) is 27.7 Å². The topological polar surface area (TPSA) is 69.6 Å². The van der Waals surface area contributed by atoms with E-state index in [4.69, 9.17) is 5.11 Å². The van der Waals surface area contributed by atoms with Gasteiger partial charge in [-0.3, -0.25) is 4.79 Å². The average Bonchev–Trinajstić information content (AvgIpc) is 2.71. The Morgan fingerprint density at radius 2 is 1.75 bits per heavy atom. The van der Waals surface area contributed by atoms with Crippen molar-refractivity contribution in [2.45, 2.75) is 59.5 Å². The molecule has 114 valence electrons. The first-order valence-electron chi connectivity index (χ1n) is 7.39. The van der Waals surface area contributed by atoms with Gasteiger partial charge >= 0.3 is 12.0 Å². The van der Waals surface area contributed by atoms with Crippen molar-refractivity contribution in [2.75, 3.05) is 6.54 Å². The zero-order valence-electron chi connectivity index (χ0n) is 13.1. The molecule has 0 aromatic rings. The van der Waals surface area contributed by atoms with Gasteiger partial charge in [-0.05, 0) is 30.6 Å². The minimum atomic E-state index is -0.749. The number of nitrogens with one attached hydrogen (secondary N) is 1. The van der Waals surface area contributed by atoms with Crippen molar-refractivity contribution in [3.63, 3.8) is 0 Å². The summed E-state index contributed by atoms with van der Waals surface area (Å²) in [5.41, 5.74) is 0.233. The summed E-state index contributed by atoms with van der Waals surface area (Å²) in [4.78, 5) is 25.2. The highest BCUT2D eigenvalue weighted by molar-refractivity contribution is 5.77. The number of hydrogen-bond acceptors (Lipinski definition) is 2. The molecule has 2 fully saturated rings. The zero-order valence-corrected chi connectivity index (χ0v) is 13.1. The second-order valence-electron chi connectivity index (χ2n) is 7.43. The lowest BCUT2D eigenvalue weighted by Gasteiger charge is -2.36. The lowest BCUT2D eigenvalue weighted by molar-refractivity contribution is -0.143. The summed E-state index contributed by atoms with van der Waals surface area (Å²) < 4.78 is 0. The molecule has 0 spiro atoms. The van der Waals surface area contributed by atoms with Gasteiger partial charge in [-0.2, -0.15) is 0 Å². The summed E-state index contributed by atoms with van der Waals surface area (Å²) in [6.07, 6.45) is 1.09. The quantitative estimate of drug-likeness (QED) is 0.816. The van der Waals surface area contributed by atoms with E-state index in [1.165, 1.54) is 0 Å². The Hall–Kier alpha value is -1.26. The van der Waals surface area contributed by atoms with Crippen LogP contribution in [0.15, 0.2) is 0 Å². The van der Waals surface area contributed by atoms with Crippen molar-refractivity contribution in [3.05, 3.63) is 0 Å². The molecule has 1 heterocycles. The Morgan fingerprint density at radius 1 is 1.20 bits per heavy atom. The lowest BCUT2D eigenvalue weighted by atomic mass is 9.92. The summed E-state index contributed by atoms with van der Waals surface area (Å²) in [7, 11) is 0. The SMILES string of the molecule is CC1CC(C(=O)O)CCN1C(=O)NC1C(C)(C)C1(C)C. The summed E-state index contributed by atoms with van der Waals surface area (Å²) in [5, 5.41) is 12.2. The summed E-state index contributed by atoms with van der Waals surface area (Å²) in [5.74, 6) is -1.07. The molecule has 0 aromatic heterocycles. The number of urea groups is 1. The van der Waals surface area contributed by atoms with Crippen LogP contribution in [0.2, 0.25) is 0 Å². The molecular formula is C15H26N2O3. The van der Waals surface area contributed by atoms with Crippen LogP contribution in [-0.4, -0.2) is 40.6 Å². The third-order valence-electron chi connectivity index (χ3n) is 5.77. The maximum atomic E-state index is 12.4. The fourth-order valence-corrected chi connectivity index (χ4v) is 3.46. The molecule has 20 heavy (non-hydrogen) atoms. The van der Waals surface area contributed by atoms with Crippen molar-refractivity contribution in [3.8, 4) is 0 Å². The van der Waals surface area contributed by atoms with Crippen molar-refractivity contribution in [1.82, 2.24) is 10.2 Å². The summed E-state index contributed by atoms with van der Waals surface area (Å²) >= 11 is 0. The first-order chi connectivity index (χ1) is 9.09. The molecule has 2 N–H and O–H groups in total. The smallest absolute Gasteiger partial charge is 0.317 e. The van der Waals surface area contributed by atoms with Gasteiger partial charge < -0.3 is 15.3 Å². The molecule has 0 bridgehead atoms. The molecule has 1 aliphatic heterocycles. The van der Waals surface area contributed by atoms with Crippen molar-refractivity contribution < 1.29 is 14.7 Å². The third-order valence-corrected chi connectivity index (χ3v) is 5.77. The van der Waals surface area contributed by atoms with Crippen LogP contribution in [0.3, 0.4) is 0 Å². The fourth-order valence-electron chi connectivity index (χ4n) is 3.46. The fraction of sp³-hybridized carbons (Fsp3) is 0.867. The average molecular weight is 282 g/mol. The normalized spacial score (nSPS) is 31.8. The van der Waals surface area contributed by atoms with Crippen molar-refractivity contribution >= 4 is 12.0 Å². The second-order valence-corrected chi connectivity index (χ2v) is 7.43. The van der Waals surface area contributed by atoms with Crippen molar-refractivity contribution in [1.29, 1.82) is 0 Å². The first-order valence-corrected chi connectivity index (χ1v) is 7.39. The van der Waals surface area contributed by atoms with Crippen LogP contribution in [-0.2, 0) is 4.79 Å². The van der Waals surface area contributed by atoms with Gasteiger partial charge in [-0.15, -0.1) is 0 Å². The molecular weight excluding hydrogens is 256 g/mol. The van der Waals surface area contributed by atoms with Gasteiger partial charge in [0, 0.05) is 18.6 Å². The number of carbonyl (C=O) groups is 2. The maximum absolute atomic E-state index is 12.4. The molecule has 2 rings (SSSR count). The first kappa shape index (κ1) is 15.1. The van der Waals surface area contributed by atoms with E-state index >= 15 is 0 Å². The van der Waals surface area contributed by atoms with Crippen LogP contribution in [0.1, 0.15) is 47.5 Å². The number of amides is 2. The second kappa shape index (κ2) is 4.64. The van der Waals surface area contributed by atoms with Gasteiger partial charge in [0.25, 0.3) is 0 Å². The zero-order chi connectivity index (χ0) is 15.3. The maximum Gasteiger partial charge on any atom is 0.317 e. The Balaban J connectivity index is 1.93. The van der Waals surface area contributed by atoms with Gasteiger partial charge in [0.05, 0.1) is 5.92 Å². The number of likely N-dealkylation sites (tertiary alicyclic amines) is 1. The molecule has 2 amide bonds. The van der Waals surface area contributed by atoms with E-state index in [0.29, 0.717) is 19.4 Å². The number of piperidine rings is 1. The van der Waals surface area contributed by atoms with E-state index in [-0.39, 0.29) is 34.9 Å². The summed E-state index contributed by atoms with van der Waals surface area (Å²) in [6, 6.07) is 0.117. The summed E-state index contributed by atoms with van der Waals surface area (Å²) in [6.45, 7) is 11.1. The van der Waals surface area contributed by atoms with Crippen LogP contribution in [0.5, 0.6) is 0 Å². The van der Waals surface area contributed by atoms with E-state index in [0.717, 1.165) is 0 Å². The van der Waals surface area contributed by atoms with Crippen molar-refractivity contribution in [2.24, 2.45) is 16.7 Å². The Morgan fingerprint density at radius 3 is 2.15 bits per heavy atom. The Labute approximate surface area is 120 Å². The number of aliphatic carboxylic acids is 1. The standard InChI is InChI=1S/C15H26N2O3/c1-9-8-10(11(18)19)6-7-17(9)13(20)16-12-14(2,3)15(12,4)5/h9-10,12H,6-8H2,1-5H3,(H,16,20)(H,18,19). The number of nitrogens with zero attached hydrogens (tertiary/aromatic N) is 1. The van der Waals surface area contributed by atoms with Gasteiger partial charge in [0.1, 0.15) is 0 Å². The van der Waals surface area contributed by atoms with Crippen LogP contribution < -0.4 is 5.32 Å². The molecule has 1 aliphatic carbocycles. The molecule has 2 atom stereocenters. The number of hydrogen-bond donors (Lipinski definition) is 2. The van der Waals surface area contributed by atoms with Crippen LogP contribution in [0, 0.1) is 16.7 Å². The molecule has 1 saturated heterocycles. The minimum Gasteiger partial charge on any atom is -0.481 e. The van der Waals surface area contributed by atoms with E-state index in [2.05, 4.69) is 33.0 Å². The van der Waals surface area contributed by atoms with E-state index in [1.54, 1.807) is 4.90 Å². The monoisotopic (exact) mass is 282 g/mol. The Bertz CT molecular complexity index is 417. The molecule has 5 nitrogen and oxygen atoms in total. The largest absolute Gasteiger partial charge is 0.481 e. The number of carboxylic acid groups (broad SMARTS) is 1. The highest BCUT2D eigenvalue weighted by atomic mass is 16.4. The Kier molecular flexibility index (Phi) is 3.51. The third kappa shape index (κ3) is 2.27. The minimum absolute atomic E-state index is 0.0187. The highest BCUT2D eigenvalue weighted by Crippen LogP contribution is 2.62. The molecule has 1 saturated carbocycles. The van der Waals surface area contributed by atoms with E-state index in [1.807, 2.05) is 6.92 Å². The number of rotatable bonds is 2. The van der Waals surface area contributed by atoms with Crippen LogP contribution >= 0.6 is 0 Å². The van der Waals surface area contributed by atoms with Gasteiger partial charge in [0.2, 0.25) is 0 Å². The molecule has 2 aliphatic rings. The van der Waals surface area contributed by atoms with E-state index < -0.39 is 5.97 Å². The molecule has 0 aromatic carbocycles. The van der Waals surface area contributed by atoms with Gasteiger partial charge in [0.15, 0.2) is 0 Å². The van der Waals surface area contributed by atoms with Gasteiger partial charge in [-0.25, -0.2) is 4.79 Å². The predicted molar refractivity (Wildman–Crippen MR) is 76.4 cm³/mol. The van der Waals surface area contributed by atoms with Crippen LogP contribution in [0.4, 0.5) is 4.79 Å². The molecule has 0 radical (unpaired) electrons. The number of carbonyl (C=O) groups excluding carboxylic acids is 1. The molecule has 2 unspecified atom stereocenters. The number of carboxylic acids is 1. The van der Waals surface area contributed by atoms with E-state index in [9.17, 15) is 9.59 Å².